The van der Waals surface area contributed by atoms with Crippen molar-refractivity contribution in [3.8, 4) is 11.8 Å². The van der Waals surface area contributed by atoms with Gasteiger partial charge in [0.15, 0.2) is 11.5 Å². The highest BCUT2D eigenvalue weighted by Gasteiger charge is 2.35. The lowest BCUT2D eigenvalue weighted by Crippen LogP contribution is -2.49. The number of likely N-dealkylation sites (tertiary alicyclic amines) is 1. The number of aromatic nitrogens is 4. The third kappa shape index (κ3) is 8.52. The van der Waals surface area contributed by atoms with Gasteiger partial charge in [-0.25, -0.2) is 9.79 Å². The zero-order valence-electron chi connectivity index (χ0n) is 31.8. The maximum atomic E-state index is 13.4. The summed E-state index contributed by atoms with van der Waals surface area (Å²) in [6.07, 6.45) is 6.90. The van der Waals surface area contributed by atoms with Crippen molar-refractivity contribution in [1.82, 2.24) is 30.0 Å². The number of hydrogen-bond donors (Lipinski definition) is 1. The van der Waals surface area contributed by atoms with Gasteiger partial charge >= 0.3 is 12.2 Å². The quantitative estimate of drug-likeness (QED) is 0.214. The highest BCUT2D eigenvalue weighted by molar-refractivity contribution is 6.09. The summed E-state index contributed by atoms with van der Waals surface area (Å²) < 4.78 is 48.1. The molecule has 17 heteroatoms. The summed E-state index contributed by atoms with van der Waals surface area (Å²) in [5, 5.41) is 20.9. The lowest BCUT2D eigenvalue weighted by Gasteiger charge is -2.38. The molecule has 6 heterocycles. The number of piperidine rings is 2. The molecule has 8 rings (SSSR count). The monoisotopic (exact) mass is 796 g/mol. The average molecular weight is 797 g/mol. The van der Waals surface area contributed by atoms with Crippen molar-refractivity contribution < 1.29 is 32.3 Å². The molecule has 0 radical (unpaired) electrons. The fraction of sp³-hybridized carbons (Fsp3) is 0.463. The minimum Gasteiger partial charge on any atom is -0.490 e. The molecule has 1 saturated carbocycles. The van der Waals surface area contributed by atoms with Crippen LogP contribution in [-0.4, -0.2) is 93.6 Å². The molecule has 4 amide bonds. The number of nitrogens with zero attached hydrogens (tertiary/aromatic N) is 9. The van der Waals surface area contributed by atoms with Crippen LogP contribution in [0.2, 0.25) is 0 Å². The van der Waals surface area contributed by atoms with Crippen molar-refractivity contribution >= 4 is 46.0 Å². The van der Waals surface area contributed by atoms with Crippen molar-refractivity contribution in [2.24, 2.45) is 10.9 Å². The zero-order chi connectivity index (χ0) is 40.4. The summed E-state index contributed by atoms with van der Waals surface area (Å²) in [4.78, 5) is 52.2. The Hall–Kier alpha value is -5.89. The highest BCUT2D eigenvalue weighted by Crippen LogP contribution is 2.36. The summed E-state index contributed by atoms with van der Waals surface area (Å²) in [5.41, 5.74) is 1.07. The second-order valence-electron chi connectivity index (χ2n) is 15.4. The fourth-order valence-electron chi connectivity index (χ4n) is 8.56. The Balaban J connectivity index is 0.775. The SMILES string of the molecule is N#Cc1ccc(OC2CCC(=NC(=O)c3ccc(N4CCC(CN5CCC(n6ccc7c(N8CCC(=O)NC8=O)cncc76)CC5)CC4)nn3)CC2)cc1C(F)(F)F. The van der Waals surface area contributed by atoms with Gasteiger partial charge in [0.1, 0.15) is 5.75 Å². The van der Waals surface area contributed by atoms with E-state index in [0.717, 1.165) is 92.9 Å². The van der Waals surface area contributed by atoms with Gasteiger partial charge in [-0.2, -0.15) is 18.4 Å². The van der Waals surface area contributed by atoms with Crippen LogP contribution in [-0.2, 0) is 11.0 Å². The van der Waals surface area contributed by atoms with Crippen LogP contribution >= 0.6 is 0 Å². The summed E-state index contributed by atoms with van der Waals surface area (Å²) in [6, 6.07) is 10.3. The number of imide groups is 1. The molecule has 302 valence electrons. The number of pyridine rings is 1. The van der Waals surface area contributed by atoms with E-state index in [1.807, 2.05) is 18.3 Å². The van der Waals surface area contributed by atoms with Crippen LogP contribution in [0.1, 0.15) is 85.4 Å². The number of amides is 4. The van der Waals surface area contributed by atoms with Crippen molar-refractivity contribution in [1.29, 1.82) is 5.26 Å². The molecular weight excluding hydrogens is 754 g/mol. The van der Waals surface area contributed by atoms with E-state index in [4.69, 9.17) is 10.00 Å². The number of hydrogen-bond acceptors (Lipinski definition) is 10. The van der Waals surface area contributed by atoms with Gasteiger partial charge in [-0.05, 0) is 93.7 Å². The normalized spacial score (nSPS) is 20.2. The topological polar surface area (TPSA) is 162 Å². The van der Waals surface area contributed by atoms with Gasteiger partial charge in [0.05, 0.1) is 46.9 Å². The summed E-state index contributed by atoms with van der Waals surface area (Å²) in [6.45, 7) is 5.08. The lowest BCUT2D eigenvalue weighted by atomic mass is 9.94. The molecule has 14 nitrogen and oxygen atoms in total. The van der Waals surface area contributed by atoms with E-state index in [1.165, 1.54) is 6.07 Å². The summed E-state index contributed by atoms with van der Waals surface area (Å²) in [5.74, 6) is 0.608. The first-order valence-electron chi connectivity index (χ1n) is 19.8. The number of rotatable bonds is 8. The van der Waals surface area contributed by atoms with E-state index in [0.29, 0.717) is 49.9 Å². The lowest BCUT2D eigenvalue weighted by molar-refractivity contribution is -0.138. The number of carbonyl (C=O) groups excluding carboxylic acids is 3. The van der Waals surface area contributed by atoms with Crippen LogP contribution in [0.5, 0.6) is 5.75 Å². The Bertz CT molecular complexity index is 2240. The zero-order valence-corrected chi connectivity index (χ0v) is 31.8. The van der Waals surface area contributed by atoms with E-state index in [1.54, 1.807) is 23.2 Å². The number of halogens is 3. The molecule has 1 aromatic carbocycles. The first kappa shape index (κ1) is 39.0. The largest absolute Gasteiger partial charge is 0.490 e. The van der Waals surface area contributed by atoms with E-state index in [9.17, 15) is 27.6 Å². The Morgan fingerprint density at radius 1 is 0.931 bits per heavy atom. The van der Waals surface area contributed by atoms with Crippen LogP contribution in [0.3, 0.4) is 0 Å². The number of nitrogens with one attached hydrogen (secondary N) is 1. The predicted octanol–water partition coefficient (Wildman–Crippen LogP) is 6.32. The Labute approximate surface area is 332 Å². The molecule has 0 bridgehead atoms. The van der Waals surface area contributed by atoms with Crippen molar-refractivity contribution in [2.45, 2.75) is 76.1 Å². The van der Waals surface area contributed by atoms with Crippen LogP contribution in [0.4, 0.5) is 29.5 Å². The van der Waals surface area contributed by atoms with E-state index >= 15 is 0 Å². The van der Waals surface area contributed by atoms with Gasteiger partial charge in [-0.1, -0.05) is 0 Å². The number of benzene rings is 1. The summed E-state index contributed by atoms with van der Waals surface area (Å²) >= 11 is 0. The molecule has 0 atom stereocenters. The second-order valence-corrected chi connectivity index (χ2v) is 15.4. The molecule has 4 aliphatic rings. The standard InChI is InChI=1S/C41H43F3N10O4/c42-41(43,44)33-21-31(4-1-27(33)22-45)58-30-5-2-28(3-6-30)47-39(56)34-7-8-37(50-49-34)52-17-9-26(10-18-52)25-51-15-11-29(12-16-51)53-19-13-32-35(53)23-46-24-36(32)54-20-14-38(55)48-40(54)57/h1,4,7-8,13,19,21,23-24,26,29-30H,2-3,5-6,9-12,14-18,20,25H2,(H,48,55,57). The van der Waals surface area contributed by atoms with Gasteiger partial charge in [-0.3, -0.25) is 24.8 Å². The Morgan fingerprint density at radius 2 is 1.71 bits per heavy atom. The van der Waals surface area contributed by atoms with Crippen LogP contribution in [0.25, 0.3) is 10.9 Å². The molecule has 0 unspecified atom stereocenters. The number of fused-ring (bicyclic) bond motifs is 1. The van der Waals surface area contributed by atoms with E-state index in [-0.39, 0.29) is 29.9 Å². The van der Waals surface area contributed by atoms with Gasteiger partial charge in [-0.15, -0.1) is 10.2 Å². The summed E-state index contributed by atoms with van der Waals surface area (Å²) in [7, 11) is 0. The van der Waals surface area contributed by atoms with E-state index < -0.39 is 29.2 Å². The minimum atomic E-state index is -4.66. The van der Waals surface area contributed by atoms with E-state index in [2.05, 4.69) is 46.1 Å². The van der Waals surface area contributed by atoms with Gasteiger partial charge in [0, 0.05) is 69.0 Å². The number of ether oxygens (including phenoxy) is 1. The number of aliphatic imine (C=N–C) groups is 1. The van der Waals surface area contributed by atoms with Crippen LogP contribution in [0, 0.1) is 17.2 Å². The van der Waals surface area contributed by atoms with Crippen LogP contribution in [0.15, 0.2) is 60.0 Å². The van der Waals surface area contributed by atoms with Gasteiger partial charge in [0.2, 0.25) is 5.91 Å². The first-order valence-corrected chi connectivity index (χ1v) is 19.8. The molecule has 4 aromatic rings. The number of anilines is 2. The number of urea groups is 1. The molecule has 3 aliphatic heterocycles. The number of carbonyl (C=O) groups is 3. The number of nitriles is 1. The number of alkyl halides is 3. The molecule has 1 aliphatic carbocycles. The molecule has 0 spiro atoms. The maximum Gasteiger partial charge on any atom is 0.417 e. The van der Waals surface area contributed by atoms with Crippen LogP contribution < -0.4 is 19.9 Å². The maximum absolute atomic E-state index is 13.4. The molecule has 58 heavy (non-hydrogen) atoms. The van der Waals surface area contributed by atoms with Gasteiger partial charge < -0.3 is 19.1 Å². The molecular formula is C41H43F3N10O4. The fourth-order valence-corrected chi connectivity index (χ4v) is 8.56. The predicted molar refractivity (Wildman–Crippen MR) is 208 cm³/mol. The van der Waals surface area contributed by atoms with Gasteiger partial charge in [0.25, 0.3) is 5.91 Å². The van der Waals surface area contributed by atoms with Crippen molar-refractivity contribution in [2.75, 3.05) is 49.1 Å². The smallest absolute Gasteiger partial charge is 0.417 e. The first-order chi connectivity index (χ1) is 28.0. The molecule has 4 fully saturated rings. The van der Waals surface area contributed by atoms with Crippen molar-refractivity contribution in [3.63, 3.8) is 0 Å². The Kier molecular flexibility index (Phi) is 11.1. The molecule has 1 N–H and O–H groups in total. The second kappa shape index (κ2) is 16.5. The third-order valence-corrected chi connectivity index (χ3v) is 11.7. The molecule has 3 aromatic heterocycles. The molecule has 3 saturated heterocycles. The average Bonchev–Trinajstić information content (AvgIpc) is 3.67. The van der Waals surface area contributed by atoms with Crippen molar-refractivity contribution in [3.05, 3.63) is 71.8 Å². The highest BCUT2D eigenvalue weighted by atomic mass is 19.4. The Morgan fingerprint density at radius 3 is 2.40 bits per heavy atom. The third-order valence-electron chi connectivity index (χ3n) is 11.7. The minimum absolute atomic E-state index is 0.0503.